The van der Waals surface area contributed by atoms with Crippen molar-refractivity contribution in [2.24, 2.45) is 0 Å². The summed E-state index contributed by atoms with van der Waals surface area (Å²) in [5.41, 5.74) is -5.59. The maximum absolute atomic E-state index is 11.9. The van der Waals surface area contributed by atoms with Crippen LogP contribution in [0.4, 0.5) is 13.2 Å². The molecule has 0 N–H and O–H groups in total. The fourth-order valence-corrected chi connectivity index (χ4v) is 1.27. The number of alkyl halides is 4. The lowest BCUT2D eigenvalue weighted by molar-refractivity contribution is -0.137. The summed E-state index contributed by atoms with van der Waals surface area (Å²) in [6.45, 7) is 1.43. The third kappa shape index (κ3) is 5.26. The van der Waals surface area contributed by atoms with Crippen molar-refractivity contribution in [3.63, 3.8) is 0 Å². The van der Waals surface area contributed by atoms with E-state index >= 15 is 0 Å². The zero-order valence-corrected chi connectivity index (χ0v) is 10.0. The van der Waals surface area contributed by atoms with E-state index < -0.39 is 33.2 Å². The predicted octanol–water partition coefficient (Wildman–Crippen LogP) is 1.54. The van der Waals surface area contributed by atoms with Gasteiger partial charge in [-0.1, -0.05) is 0 Å². The lowest BCUT2D eigenvalue weighted by Crippen LogP contribution is -2.25. The van der Waals surface area contributed by atoms with Gasteiger partial charge in [0.05, 0.1) is 18.6 Å². The van der Waals surface area contributed by atoms with Gasteiger partial charge >= 0.3 is 21.6 Å². The Kier molecular flexibility index (Phi) is 5.76. The van der Waals surface area contributed by atoms with Crippen LogP contribution >= 0.6 is 11.6 Å². The molecule has 0 unspecified atom stereocenters. The lowest BCUT2D eigenvalue weighted by atomic mass is 10.5. The van der Waals surface area contributed by atoms with E-state index in [1.54, 1.807) is 0 Å². The van der Waals surface area contributed by atoms with Gasteiger partial charge < -0.3 is 8.92 Å². The highest BCUT2D eigenvalue weighted by Crippen LogP contribution is 2.26. The van der Waals surface area contributed by atoms with E-state index in [0.717, 1.165) is 0 Å². The van der Waals surface area contributed by atoms with Crippen LogP contribution in [-0.4, -0.2) is 32.4 Å². The molecular weight excluding hydrogens is 289 g/mol. The highest BCUT2D eigenvalue weighted by molar-refractivity contribution is 7.87. The van der Waals surface area contributed by atoms with Gasteiger partial charge in [0.25, 0.3) is 0 Å². The van der Waals surface area contributed by atoms with Gasteiger partial charge in [-0.2, -0.15) is 21.6 Å². The number of hydrogen-bond donors (Lipinski definition) is 0. The predicted molar refractivity (Wildman–Crippen MR) is 51.5 cm³/mol. The van der Waals surface area contributed by atoms with Gasteiger partial charge in [-0.3, -0.25) is 0 Å². The van der Waals surface area contributed by atoms with E-state index in [2.05, 4.69) is 8.92 Å². The Labute approximate surface area is 100 Å². The summed E-state index contributed by atoms with van der Waals surface area (Å²) in [6, 6.07) is 0. The van der Waals surface area contributed by atoms with E-state index in [-0.39, 0.29) is 6.61 Å². The Balaban J connectivity index is 4.91. The SMILES string of the molecule is CCOC(=O)/C=C(/CCl)OS(=O)(=O)C(F)(F)F. The number of carbonyl (C=O) groups is 1. The van der Waals surface area contributed by atoms with Gasteiger partial charge in [0.2, 0.25) is 0 Å². The molecule has 0 aliphatic heterocycles. The van der Waals surface area contributed by atoms with Gasteiger partial charge in [-0.15, -0.1) is 11.6 Å². The summed E-state index contributed by atoms with van der Waals surface area (Å²) in [5.74, 6) is -2.66. The third-order valence-electron chi connectivity index (χ3n) is 1.20. The van der Waals surface area contributed by atoms with Crippen molar-refractivity contribution in [3.8, 4) is 0 Å². The maximum atomic E-state index is 11.9. The molecule has 0 amide bonds. The molecular formula is C7H8ClF3O5S. The largest absolute Gasteiger partial charge is 0.534 e. The molecule has 0 aromatic rings. The highest BCUT2D eigenvalue weighted by atomic mass is 35.5. The third-order valence-corrected chi connectivity index (χ3v) is 2.46. The summed E-state index contributed by atoms with van der Waals surface area (Å²) in [6.07, 6.45) is 0.430. The number of rotatable bonds is 5. The molecule has 0 bridgehead atoms. The van der Waals surface area contributed by atoms with Gasteiger partial charge in [-0.25, -0.2) is 4.79 Å². The molecule has 0 heterocycles. The minimum atomic E-state index is -5.83. The molecule has 0 atom stereocenters. The van der Waals surface area contributed by atoms with Crippen LogP contribution in [0.2, 0.25) is 0 Å². The number of carbonyl (C=O) groups excluding carboxylic acids is 1. The van der Waals surface area contributed by atoms with Crippen LogP contribution in [0, 0.1) is 0 Å². The van der Waals surface area contributed by atoms with Gasteiger partial charge in [0.15, 0.2) is 0 Å². The Morgan fingerprint density at radius 1 is 1.41 bits per heavy atom. The van der Waals surface area contributed by atoms with Crippen LogP contribution in [0.25, 0.3) is 0 Å². The van der Waals surface area contributed by atoms with Crippen LogP contribution in [0.15, 0.2) is 11.8 Å². The molecule has 0 saturated heterocycles. The molecule has 5 nitrogen and oxygen atoms in total. The number of halogens is 4. The lowest BCUT2D eigenvalue weighted by Gasteiger charge is -2.10. The first-order valence-corrected chi connectivity index (χ1v) is 6.02. The molecule has 0 fully saturated rings. The second-order valence-corrected chi connectivity index (χ2v) is 4.28. The van der Waals surface area contributed by atoms with Crippen LogP contribution in [0.1, 0.15) is 6.92 Å². The number of ether oxygens (including phenoxy) is 1. The van der Waals surface area contributed by atoms with Gasteiger partial charge in [0, 0.05) is 0 Å². The van der Waals surface area contributed by atoms with E-state index in [4.69, 9.17) is 11.6 Å². The standard InChI is InChI=1S/C7H8ClF3O5S/c1-2-15-6(12)3-5(4-8)16-17(13,14)7(9,10)11/h3H,2,4H2,1H3/b5-3-. The number of allylic oxidation sites excluding steroid dienone is 1. The second-order valence-electron chi connectivity index (χ2n) is 2.48. The van der Waals surface area contributed by atoms with Crippen molar-refractivity contribution in [1.29, 1.82) is 0 Å². The minimum Gasteiger partial charge on any atom is -0.463 e. The van der Waals surface area contributed by atoms with E-state index in [0.29, 0.717) is 6.08 Å². The Morgan fingerprint density at radius 3 is 2.29 bits per heavy atom. The highest BCUT2D eigenvalue weighted by Gasteiger charge is 2.48. The van der Waals surface area contributed by atoms with Crippen LogP contribution in [-0.2, 0) is 23.8 Å². The molecule has 0 aromatic carbocycles. The molecule has 0 aliphatic rings. The molecule has 0 radical (unpaired) electrons. The second kappa shape index (κ2) is 6.10. The van der Waals surface area contributed by atoms with Crippen molar-refractivity contribution in [3.05, 3.63) is 11.8 Å². The average molecular weight is 297 g/mol. The monoisotopic (exact) mass is 296 g/mol. The molecule has 10 heteroatoms. The van der Waals surface area contributed by atoms with Crippen molar-refractivity contribution < 1.29 is 35.3 Å². The fourth-order valence-electron chi connectivity index (χ4n) is 0.588. The molecule has 0 rings (SSSR count). The van der Waals surface area contributed by atoms with Gasteiger partial charge in [-0.05, 0) is 6.92 Å². The summed E-state index contributed by atoms with van der Waals surface area (Å²) < 4.78 is 64.9. The first kappa shape index (κ1) is 16.0. The molecule has 100 valence electrons. The fraction of sp³-hybridized carbons (Fsp3) is 0.571. The van der Waals surface area contributed by atoms with E-state index in [1.807, 2.05) is 0 Å². The smallest absolute Gasteiger partial charge is 0.463 e. The normalized spacial score (nSPS) is 13.4. The molecule has 0 aromatic heterocycles. The minimum absolute atomic E-state index is 0.0308. The van der Waals surface area contributed by atoms with Crippen LogP contribution in [0.3, 0.4) is 0 Å². The summed E-state index contributed by atoms with van der Waals surface area (Å²) >= 11 is 5.14. The molecule has 0 aliphatic carbocycles. The van der Waals surface area contributed by atoms with Gasteiger partial charge in [0.1, 0.15) is 5.76 Å². The molecule has 0 saturated carbocycles. The Morgan fingerprint density at radius 2 is 1.94 bits per heavy atom. The summed E-state index contributed by atoms with van der Waals surface area (Å²) in [5, 5.41) is 0. The quantitative estimate of drug-likeness (QED) is 0.192. The van der Waals surface area contributed by atoms with Crippen molar-refractivity contribution >= 4 is 27.7 Å². The summed E-state index contributed by atoms with van der Waals surface area (Å²) in [7, 11) is -5.83. The van der Waals surface area contributed by atoms with E-state index in [9.17, 15) is 26.4 Å². The average Bonchev–Trinajstić information content (AvgIpc) is 2.14. The Hall–Kier alpha value is -0.960. The van der Waals surface area contributed by atoms with Crippen molar-refractivity contribution in [1.82, 2.24) is 0 Å². The molecule has 17 heavy (non-hydrogen) atoms. The van der Waals surface area contributed by atoms with Crippen molar-refractivity contribution in [2.45, 2.75) is 12.4 Å². The van der Waals surface area contributed by atoms with E-state index in [1.165, 1.54) is 6.92 Å². The summed E-state index contributed by atoms with van der Waals surface area (Å²) in [4.78, 5) is 10.8. The first-order chi connectivity index (χ1) is 7.64. The first-order valence-electron chi connectivity index (χ1n) is 4.08. The molecule has 0 spiro atoms. The Bertz CT molecular complexity index is 400. The van der Waals surface area contributed by atoms with Crippen LogP contribution < -0.4 is 0 Å². The zero-order valence-electron chi connectivity index (χ0n) is 8.45. The topological polar surface area (TPSA) is 69.7 Å². The number of hydrogen-bond acceptors (Lipinski definition) is 5. The maximum Gasteiger partial charge on any atom is 0.534 e. The number of esters is 1. The zero-order chi connectivity index (χ0) is 13.7. The van der Waals surface area contributed by atoms with Crippen molar-refractivity contribution in [2.75, 3.05) is 12.5 Å². The van der Waals surface area contributed by atoms with Crippen LogP contribution in [0.5, 0.6) is 0 Å².